The molecule has 2 rings (SSSR count). The summed E-state index contributed by atoms with van der Waals surface area (Å²) in [6.07, 6.45) is 2.75. The highest BCUT2D eigenvalue weighted by atomic mass is 16.5. The van der Waals surface area contributed by atoms with Gasteiger partial charge in [0.05, 0.1) is 12.8 Å². The van der Waals surface area contributed by atoms with Crippen LogP contribution in [0.4, 0.5) is 0 Å². The van der Waals surface area contributed by atoms with Crippen molar-refractivity contribution in [2.45, 2.75) is 6.42 Å². The minimum absolute atomic E-state index is 0.656. The van der Waals surface area contributed by atoms with Crippen molar-refractivity contribution in [1.82, 2.24) is 4.98 Å². The molecule has 1 aromatic heterocycles. The highest BCUT2D eigenvalue weighted by Gasteiger charge is 2.00. The fourth-order valence-corrected chi connectivity index (χ4v) is 1.67. The second kappa shape index (κ2) is 5.46. The molecule has 0 bridgehead atoms. The highest BCUT2D eigenvalue weighted by molar-refractivity contribution is 5.60. The molecule has 0 amide bonds. The quantitative estimate of drug-likeness (QED) is 0.873. The zero-order valence-electron chi connectivity index (χ0n) is 9.89. The Morgan fingerprint density at radius 3 is 2.41 bits per heavy atom. The van der Waals surface area contributed by atoms with Gasteiger partial charge in [-0.05, 0) is 48.9 Å². The molecule has 0 aliphatic rings. The van der Waals surface area contributed by atoms with Crippen LogP contribution in [0.15, 0.2) is 42.6 Å². The minimum atomic E-state index is 0.656. The molecular weight excluding hydrogens is 212 g/mol. The van der Waals surface area contributed by atoms with Crippen molar-refractivity contribution in [3.05, 3.63) is 48.2 Å². The molecule has 17 heavy (non-hydrogen) atoms. The predicted octanol–water partition coefficient (Wildman–Crippen LogP) is 2.26. The smallest absolute Gasteiger partial charge is 0.118 e. The maximum atomic E-state index is 5.50. The van der Waals surface area contributed by atoms with Gasteiger partial charge in [-0.1, -0.05) is 6.07 Å². The highest BCUT2D eigenvalue weighted by Crippen LogP contribution is 2.20. The Morgan fingerprint density at radius 1 is 1.12 bits per heavy atom. The van der Waals surface area contributed by atoms with E-state index in [4.69, 9.17) is 10.5 Å². The van der Waals surface area contributed by atoms with Gasteiger partial charge >= 0.3 is 0 Å². The van der Waals surface area contributed by atoms with Gasteiger partial charge in [-0.15, -0.1) is 0 Å². The molecule has 0 aliphatic heterocycles. The van der Waals surface area contributed by atoms with Crippen molar-refractivity contribution < 1.29 is 4.74 Å². The first kappa shape index (κ1) is 11.6. The first-order valence-corrected chi connectivity index (χ1v) is 5.63. The van der Waals surface area contributed by atoms with E-state index < -0.39 is 0 Å². The summed E-state index contributed by atoms with van der Waals surface area (Å²) < 4.78 is 5.12. The van der Waals surface area contributed by atoms with Crippen molar-refractivity contribution in [3.8, 4) is 17.0 Å². The molecule has 0 fully saturated rings. The van der Waals surface area contributed by atoms with Gasteiger partial charge in [-0.3, -0.25) is 4.98 Å². The lowest BCUT2D eigenvalue weighted by Gasteiger charge is -2.04. The molecule has 3 heteroatoms. The number of methoxy groups -OCH3 is 1. The van der Waals surface area contributed by atoms with E-state index in [-0.39, 0.29) is 0 Å². The van der Waals surface area contributed by atoms with Crippen LogP contribution in [0.1, 0.15) is 5.56 Å². The van der Waals surface area contributed by atoms with Crippen LogP contribution in [0.2, 0.25) is 0 Å². The van der Waals surface area contributed by atoms with Crippen LogP contribution < -0.4 is 10.5 Å². The molecule has 2 aromatic rings. The van der Waals surface area contributed by atoms with Crippen LogP contribution in [0, 0.1) is 0 Å². The topological polar surface area (TPSA) is 48.1 Å². The molecule has 0 unspecified atom stereocenters. The predicted molar refractivity (Wildman–Crippen MR) is 69.0 cm³/mol. The molecular formula is C14H16N2O. The molecule has 0 atom stereocenters. The Morgan fingerprint density at radius 2 is 1.88 bits per heavy atom. The number of pyridine rings is 1. The fraction of sp³-hybridized carbons (Fsp3) is 0.214. The largest absolute Gasteiger partial charge is 0.497 e. The van der Waals surface area contributed by atoms with Gasteiger partial charge in [-0.2, -0.15) is 0 Å². The Labute approximate surface area is 101 Å². The average Bonchev–Trinajstić information content (AvgIpc) is 2.40. The van der Waals surface area contributed by atoms with Crippen molar-refractivity contribution in [1.29, 1.82) is 0 Å². The monoisotopic (exact) mass is 228 g/mol. The Bertz CT molecular complexity index is 463. The summed E-state index contributed by atoms with van der Waals surface area (Å²) in [6.45, 7) is 0.656. The maximum absolute atomic E-state index is 5.50. The Hall–Kier alpha value is -1.87. The van der Waals surface area contributed by atoms with Crippen molar-refractivity contribution in [2.75, 3.05) is 13.7 Å². The number of hydrogen-bond donors (Lipinski definition) is 1. The molecule has 0 aliphatic carbocycles. The standard InChI is InChI=1S/C14H16N2O/c1-17-13-5-3-12(4-6-13)14-7-2-11(8-9-15)10-16-14/h2-7,10H,8-9,15H2,1H3. The Kier molecular flexibility index (Phi) is 3.73. The van der Waals surface area contributed by atoms with E-state index in [1.807, 2.05) is 36.5 Å². The zero-order valence-corrected chi connectivity index (χ0v) is 9.89. The molecule has 0 radical (unpaired) electrons. The number of hydrogen-bond acceptors (Lipinski definition) is 3. The lowest BCUT2D eigenvalue weighted by atomic mass is 10.1. The maximum Gasteiger partial charge on any atom is 0.118 e. The number of benzene rings is 1. The molecule has 3 nitrogen and oxygen atoms in total. The van der Waals surface area contributed by atoms with Crippen LogP contribution in [-0.4, -0.2) is 18.6 Å². The summed E-state index contributed by atoms with van der Waals surface area (Å²) in [5.41, 5.74) is 8.73. The minimum Gasteiger partial charge on any atom is -0.497 e. The third-order valence-corrected chi connectivity index (χ3v) is 2.64. The van der Waals surface area contributed by atoms with Gasteiger partial charge in [0, 0.05) is 11.8 Å². The summed E-state index contributed by atoms with van der Waals surface area (Å²) >= 11 is 0. The van der Waals surface area contributed by atoms with Crippen LogP contribution in [-0.2, 0) is 6.42 Å². The second-order valence-electron chi connectivity index (χ2n) is 3.82. The van der Waals surface area contributed by atoms with Gasteiger partial charge in [-0.25, -0.2) is 0 Å². The normalized spacial score (nSPS) is 10.2. The summed E-state index contributed by atoms with van der Waals surface area (Å²) in [5.74, 6) is 0.855. The van der Waals surface area contributed by atoms with E-state index in [0.717, 1.165) is 23.4 Å². The third-order valence-electron chi connectivity index (χ3n) is 2.64. The molecule has 0 saturated heterocycles. The van der Waals surface area contributed by atoms with Gasteiger partial charge in [0.15, 0.2) is 0 Å². The van der Waals surface area contributed by atoms with Crippen molar-refractivity contribution in [2.24, 2.45) is 5.73 Å². The third kappa shape index (κ3) is 2.82. The lowest BCUT2D eigenvalue weighted by Crippen LogP contribution is -2.02. The number of aromatic nitrogens is 1. The average molecular weight is 228 g/mol. The number of rotatable bonds is 4. The zero-order chi connectivity index (χ0) is 12.1. The molecule has 1 heterocycles. The molecule has 0 saturated carbocycles. The van der Waals surface area contributed by atoms with E-state index in [1.165, 1.54) is 5.56 Å². The summed E-state index contributed by atoms with van der Waals surface area (Å²) in [5, 5.41) is 0. The van der Waals surface area contributed by atoms with Crippen LogP contribution in [0.5, 0.6) is 5.75 Å². The summed E-state index contributed by atoms with van der Waals surface area (Å²) in [4.78, 5) is 4.43. The van der Waals surface area contributed by atoms with Crippen LogP contribution in [0.25, 0.3) is 11.3 Å². The van der Waals surface area contributed by atoms with Gasteiger partial charge in [0.25, 0.3) is 0 Å². The van der Waals surface area contributed by atoms with E-state index in [2.05, 4.69) is 11.1 Å². The SMILES string of the molecule is COc1ccc(-c2ccc(CCN)cn2)cc1. The van der Waals surface area contributed by atoms with E-state index >= 15 is 0 Å². The van der Waals surface area contributed by atoms with Crippen molar-refractivity contribution >= 4 is 0 Å². The number of nitrogens with two attached hydrogens (primary N) is 1. The summed E-state index contributed by atoms with van der Waals surface area (Å²) in [7, 11) is 1.66. The molecule has 2 N–H and O–H groups in total. The van der Waals surface area contributed by atoms with Gasteiger partial charge in [0.1, 0.15) is 5.75 Å². The molecule has 0 spiro atoms. The molecule has 88 valence electrons. The van der Waals surface area contributed by atoms with Crippen LogP contribution in [0.3, 0.4) is 0 Å². The Balaban J connectivity index is 2.20. The van der Waals surface area contributed by atoms with Crippen molar-refractivity contribution in [3.63, 3.8) is 0 Å². The number of nitrogens with zero attached hydrogens (tertiary/aromatic N) is 1. The van der Waals surface area contributed by atoms with E-state index in [1.54, 1.807) is 7.11 Å². The summed E-state index contributed by atoms with van der Waals surface area (Å²) in [6, 6.07) is 12.0. The first-order chi connectivity index (χ1) is 8.33. The first-order valence-electron chi connectivity index (χ1n) is 5.63. The van der Waals surface area contributed by atoms with Crippen LogP contribution >= 0.6 is 0 Å². The second-order valence-corrected chi connectivity index (χ2v) is 3.82. The molecule has 1 aromatic carbocycles. The number of ether oxygens (including phenoxy) is 1. The van der Waals surface area contributed by atoms with Gasteiger partial charge in [0.2, 0.25) is 0 Å². The fourth-order valence-electron chi connectivity index (χ4n) is 1.67. The van der Waals surface area contributed by atoms with E-state index in [0.29, 0.717) is 6.54 Å². The lowest BCUT2D eigenvalue weighted by molar-refractivity contribution is 0.415. The van der Waals surface area contributed by atoms with E-state index in [9.17, 15) is 0 Å². The van der Waals surface area contributed by atoms with Gasteiger partial charge < -0.3 is 10.5 Å².